The molecule has 0 aliphatic carbocycles. The zero-order chi connectivity index (χ0) is 32.4. The largest absolute Gasteiger partial charge is 0.468 e. The van der Waals surface area contributed by atoms with Gasteiger partial charge in [0.05, 0.1) is 18.7 Å². The Bertz CT molecular complexity index is 1170. The number of carbonyl (C=O) groups excluding carboxylic acids is 2. The minimum atomic E-state index is -1.87. The first kappa shape index (κ1) is 35.8. The predicted octanol–water partition coefficient (Wildman–Crippen LogP) is 7.10. The van der Waals surface area contributed by atoms with Crippen LogP contribution in [0.1, 0.15) is 46.6 Å². The molecule has 0 aromatic heterocycles. The molecule has 2 aliphatic heterocycles. The summed E-state index contributed by atoms with van der Waals surface area (Å²) in [6, 6.07) is 7.44. The van der Waals surface area contributed by atoms with E-state index >= 15 is 0 Å². The highest BCUT2D eigenvalue weighted by molar-refractivity contribution is 6.76. The summed E-state index contributed by atoms with van der Waals surface area (Å²) in [6.07, 6.45) is -0.834. The fourth-order valence-electron chi connectivity index (χ4n) is 4.86. The van der Waals surface area contributed by atoms with Gasteiger partial charge in [-0.15, -0.1) is 0 Å². The lowest BCUT2D eigenvalue weighted by atomic mass is 9.82. The van der Waals surface area contributed by atoms with E-state index in [0.29, 0.717) is 24.4 Å². The molecule has 0 saturated carbocycles. The number of hydrogen-bond donors (Lipinski definition) is 1. The Morgan fingerprint density at radius 2 is 1.60 bits per heavy atom. The van der Waals surface area contributed by atoms with Gasteiger partial charge in [0.2, 0.25) is 3.79 Å². The molecule has 1 N–H and O–H groups in total. The molecule has 1 saturated heterocycles. The number of halogens is 3. The van der Waals surface area contributed by atoms with E-state index in [2.05, 4.69) is 19.6 Å². The van der Waals surface area contributed by atoms with Crippen LogP contribution in [-0.2, 0) is 14.2 Å². The molecular weight excluding hydrogens is 635 g/mol. The van der Waals surface area contributed by atoms with Gasteiger partial charge < -0.3 is 29.0 Å². The first-order valence-corrected chi connectivity index (χ1v) is 19.3. The van der Waals surface area contributed by atoms with Crippen molar-refractivity contribution in [1.82, 2.24) is 9.80 Å². The lowest BCUT2D eigenvalue weighted by Crippen LogP contribution is -2.65. The number of amides is 2. The second-order valence-corrected chi connectivity index (χ2v) is 21.6. The van der Waals surface area contributed by atoms with Gasteiger partial charge >= 0.3 is 12.2 Å². The van der Waals surface area contributed by atoms with Crippen molar-refractivity contribution in [2.75, 3.05) is 33.1 Å². The number of alkyl halides is 3. The van der Waals surface area contributed by atoms with Crippen molar-refractivity contribution in [2.45, 2.75) is 93.8 Å². The van der Waals surface area contributed by atoms with E-state index < -0.39 is 47.3 Å². The Balaban J connectivity index is 1.87. The summed E-state index contributed by atoms with van der Waals surface area (Å²) >= 11 is 18.3. The minimum absolute atomic E-state index is 0.101. The summed E-state index contributed by atoms with van der Waals surface area (Å²) in [5, 5.41) is 10.6. The molecule has 2 atom stereocenters. The van der Waals surface area contributed by atoms with Gasteiger partial charge in [-0.3, -0.25) is 4.90 Å². The normalized spacial score (nSPS) is 19.8. The second-order valence-electron chi connectivity index (χ2n) is 13.7. The van der Waals surface area contributed by atoms with Crippen molar-refractivity contribution in [1.29, 1.82) is 0 Å². The van der Waals surface area contributed by atoms with Gasteiger partial charge in [0.25, 0.3) is 0 Å². The van der Waals surface area contributed by atoms with E-state index in [4.69, 9.17) is 53.8 Å². The van der Waals surface area contributed by atoms with Crippen molar-refractivity contribution in [3.8, 4) is 5.75 Å². The van der Waals surface area contributed by atoms with Crippen LogP contribution in [0, 0.1) is 0 Å². The molecule has 2 amide bonds. The van der Waals surface area contributed by atoms with Gasteiger partial charge in [0.15, 0.2) is 12.4 Å². The summed E-state index contributed by atoms with van der Waals surface area (Å²) < 4.78 is 20.9. The second kappa shape index (κ2) is 13.7. The molecule has 242 valence electrons. The Labute approximate surface area is 271 Å². The first-order chi connectivity index (χ1) is 19.7. The van der Waals surface area contributed by atoms with Gasteiger partial charge in [-0.1, -0.05) is 66.6 Å². The zero-order valence-electron chi connectivity index (χ0n) is 26.3. The fourth-order valence-corrected chi connectivity index (χ4v) is 5.73. The number of rotatable bonds is 9. The topological polar surface area (TPSA) is 97.8 Å². The summed E-state index contributed by atoms with van der Waals surface area (Å²) in [6.45, 7) is 16.1. The van der Waals surface area contributed by atoms with Gasteiger partial charge in [-0.2, -0.15) is 0 Å². The highest BCUT2D eigenvalue weighted by Crippen LogP contribution is 2.43. The Morgan fingerprint density at radius 1 is 0.977 bits per heavy atom. The van der Waals surface area contributed by atoms with Crippen molar-refractivity contribution in [2.24, 2.45) is 0 Å². The molecule has 0 unspecified atom stereocenters. The number of benzene rings is 1. The van der Waals surface area contributed by atoms with Crippen LogP contribution >= 0.6 is 34.8 Å². The molecule has 9 nitrogen and oxygen atoms in total. The molecule has 1 aromatic rings. The van der Waals surface area contributed by atoms with Crippen LogP contribution in [0.5, 0.6) is 5.75 Å². The number of nitrogens with zero attached hydrogens (tertiary/aromatic N) is 2. The van der Waals surface area contributed by atoms with Crippen LogP contribution in [-0.4, -0.2) is 95.3 Å². The zero-order valence-corrected chi connectivity index (χ0v) is 29.6. The van der Waals surface area contributed by atoms with Gasteiger partial charge in [0, 0.05) is 27.8 Å². The molecule has 2 aliphatic rings. The molecular formula is C30H45Cl3N2O7Si. The fraction of sp³-hybridized carbons (Fsp3) is 0.667. The molecule has 13 heteroatoms. The van der Waals surface area contributed by atoms with E-state index in [9.17, 15) is 14.7 Å². The van der Waals surface area contributed by atoms with Crippen molar-refractivity contribution in [3.05, 3.63) is 35.4 Å². The minimum Gasteiger partial charge on any atom is -0.468 e. The molecule has 2 bridgehead atoms. The van der Waals surface area contributed by atoms with Crippen LogP contribution in [0.25, 0.3) is 5.57 Å². The maximum Gasteiger partial charge on any atom is 0.411 e. The number of fused-ring (bicyclic) bond motifs is 2. The van der Waals surface area contributed by atoms with Crippen LogP contribution < -0.4 is 4.74 Å². The SMILES string of the molecule is CC(C)(C)OC(=O)N1C[C@H]2CC(c3ccc(OCOCC[Si](C)(C)C)cc3)=C(CO)[C@@H](C1)N2C(=O)OC(C)(C)C(Cl)(Cl)Cl. The van der Waals surface area contributed by atoms with E-state index in [0.717, 1.165) is 17.2 Å². The third-order valence-electron chi connectivity index (χ3n) is 7.35. The highest BCUT2D eigenvalue weighted by Gasteiger charge is 2.50. The van der Waals surface area contributed by atoms with Gasteiger partial charge in [-0.25, -0.2) is 9.59 Å². The monoisotopic (exact) mass is 678 g/mol. The number of piperazine rings is 1. The highest BCUT2D eigenvalue weighted by atomic mass is 35.6. The van der Waals surface area contributed by atoms with Gasteiger partial charge in [-0.05, 0) is 75.9 Å². The molecule has 43 heavy (non-hydrogen) atoms. The maximum absolute atomic E-state index is 13.6. The van der Waals surface area contributed by atoms with Crippen molar-refractivity contribution >= 4 is 60.6 Å². The molecule has 0 spiro atoms. The average molecular weight is 680 g/mol. The summed E-state index contributed by atoms with van der Waals surface area (Å²) in [7, 11) is -1.17. The Hall–Kier alpha value is -1.69. The Morgan fingerprint density at radius 3 is 2.14 bits per heavy atom. The number of ether oxygens (including phenoxy) is 4. The van der Waals surface area contributed by atoms with Gasteiger partial charge in [0.1, 0.15) is 11.4 Å². The molecule has 2 heterocycles. The predicted molar refractivity (Wildman–Crippen MR) is 173 cm³/mol. The average Bonchev–Trinajstić information content (AvgIpc) is 2.85. The third kappa shape index (κ3) is 9.65. The lowest BCUT2D eigenvalue weighted by Gasteiger charge is -2.51. The Kier molecular flexibility index (Phi) is 11.4. The smallest absolute Gasteiger partial charge is 0.411 e. The van der Waals surface area contributed by atoms with Crippen molar-refractivity contribution < 1.29 is 33.6 Å². The summed E-state index contributed by atoms with van der Waals surface area (Å²) in [5.74, 6) is 0.661. The molecule has 1 aromatic carbocycles. The van der Waals surface area contributed by atoms with Crippen LogP contribution in [0.2, 0.25) is 25.7 Å². The standard InChI is InChI=1S/C30H45Cl3N2O7Si/c1-28(2,3)41-26(37)34-16-21-15-23(20-9-11-22(12-10-20)40-19-39-13-14-43(6,7)8)24(18-36)25(17-34)35(21)27(38)42-29(4,5)30(31,32)33/h9-12,21,25,36H,13-19H2,1-8H3/t21-,25-/m1/s1. The first-order valence-electron chi connectivity index (χ1n) is 14.4. The van der Waals surface area contributed by atoms with E-state index in [1.165, 1.54) is 13.8 Å². The summed E-state index contributed by atoms with van der Waals surface area (Å²) in [4.78, 5) is 29.8. The quantitative estimate of drug-likeness (QED) is 0.129. The number of hydrogen-bond acceptors (Lipinski definition) is 7. The van der Waals surface area contributed by atoms with E-state index in [1.807, 2.05) is 24.3 Å². The third-order valence-corrected chi connectivity index (χ3v) is 10.4. The van der Waals surface area contributed by atoms with E-state index in [1.54, 1.807) is 30.6 Å². The van der Waals surface area contributed by atoms with E-state index in [-0.39, 0.29) is 26.5 Å². The van der Waals surface area contributed by atoms with Crippen LogP contribution in [0.15, 0.2) is 29.8 Å². The number of aliphatic hydroxyl groups is 1. The lowest BCUT2D eigenvalue weighted by molar-refractivity contribution is -0.0328. The summed E-state index contributed by atoms with van der Waals surface area (Å²) in [5.41, 5.74) is 0.235. The van der Waals surface area contributed by atoms with Crippen LogP contribution in [0.4, 0.5) is 9.59 Å². The molecule has 3 rings (SSSR count). The maximum atomic E-state index is 13.6. The van der Waals surface area contributed by atoms with Crippen molar-refractivity contribution in [3.63, 3.8) is 0 Å². The molecule has 0 radical (unpaired) electrons. The number of carbonyl (C=O) groups is 2. The number of aliphatic hydroxyl groups excluding tert-OH is 1. The van der Waals surface area contributed by atoms with Crippen LogP contribution in [0.3, 0.4) is 0 Å². The molecule has 1 fully saturated rings.